The zero-order chi connectivity index (χ0) is 11.8. The van der Waals surface area contributed by atoms with Crippen molar-refractivity contribution in [1.29, 1.82) is 0 Å². The van der Waals surface area contributed by atoms with Crippen LogP contribution in [0.2, 0.25) is 0 Å². The maximum Gasteiger partial charge on any atom is 0.235 e. The minimum Gasteiger partial charge on any atom is -0.492 e. The van der Waals surface area contributed by atoms with Gasteiger partial charge in [0.25, 0.3) is 0 Å². The standard InChI is InChI=1S/C12H13NO3/c1-12(2)8-16-11-9(6-7-13(14)15)4-3-5-10(11)12/h3-7H,8H2,1-2H3/b7-6+. The lowest BCUT2D eigenvalue weighted by atomic mass is 9.86. The predicted octanol–water partition coefficient (Wildman–Crippen LogP) is 2.60. The number of nitro groups is 1. The van der Waals surface area contributed by atoms with Crippen LogP contribution in [-0.2, 0) is 5.41 Å². The van der Waals surface area contributed by atoms with Gasteiger partial charge in [-0.2, -0.15) is 0 Å². The molecule has 1 aromatic rings. The van der Waals surface area contributed by atoms with Crippen LogP contribution in [0.4, 0.5) is 0 Å². The molecular formula is C12H13NO3. The van der Waals surface area contributed by atoms with Crippen molar-refractivity contribution < 1.29 is 9.66 Å². The van der Waals surface area contributed by atoms with Crippen molar-refractivity contribution in [3.63, 3.8) is 0 Å². The highest BCUT2D eigenvalue weighted by molar-refractivity contribution is 5.62. The van der Waals surface area contributed by atoms with Crippen molar-refractivity contribution in [3.05, 3.63) is 45.6 Å². The molecule has 0 fully saturated rings. The summed E-state index contributed by atoms with van der Waals surface area (Å²) in [4.78, 5) is 9.81. The number of nitrogens with zero attached hydrogens (tertiary/aromatic N) is 1. The number of para-hydroxylation sites is 1. The Kier molecular flexibility index (Phi) is 2.42. The first kappa shape index (κ1) is 10.7. The van der Waals surface area contributed by atoms with Gasteiger partial charge in [0.15, 0.2) is 0 Å². The molecule has 0 radical (unpaired) electrons. The fraction of sp³-hybridized carbons (Fsp3) is 0.333. The Balaban J connectivity index is 2.44. The van der Waals surface area contributed by atoms with E-state index in [1.807, 2.05) is 18.2 Å². The molecule has 0 bridgehead atoms. The van der Waals surface area contributed by atoms with Crippen molar-refractivity contribution in [2.45, 2.75) is 19.3 Å². The normalized spacial score (nSPS) is 17.1. The van der Waals surface area contributed by atoms with Gasteiger partial charge in [0.05, 0.1) is 11.5 Å². The fourth-order valence-corrected chi connectivity index (χ4v) is 1.85. The highest BCUT2D eigenvalue weighted by atomic mass is 16.6. The number of ether oxygens (including phenoxy) is 1. The summed E-state index contributed by atoms with van der Waals surface area (Å²) in [7, 11) is 0. The van der Waals surface area contributed by atoms with Gasteiger partial charge in [0.1, 0.15) is 5.75 Å². The Morgan fingerprint density at radius 1 is 1.50 bits per heavy atom. The molecule has 1 aliphatic heterocycles. The van der Waals surface area contributed by atoms with Gasteiger partial charge in [0, 0.05) is 22.6 Å². The van der Waals surface area contributed by atoms with Crippen LogP contribution in [-0.4, -0.2) is 11.5 Å². The third-order valence-electron chi connectivity index (χ3n) is 2.73. The van der Waals surface area contributed by atoms with Crippen molar-refractivity contribution >= 4 is 6.08 Å². The Hall–Kier alpha value is -1.84. The maximum atomic E-state index is 10.3. The number of hydrogen-bond donors (Lipinski definition) is 0. The molecule has 84 valence electrons. The zero-order valence-corrected chi connectivity index (χ0v) is 9.27. The van der Waals surface area contributed by atoms with Crippen LogP contribution in [0.1, 0.15) is 25.0 Å². The van der Waals surface area contributed by atoms with Crippen LogP contribution in [0.25, 0.3) is 6.08 Å². The van der Waals surface area contributed by atoms with Gasteiger partial charge in [-0.25, -0.2) is 0 Å². The molecule has 0 saturated carbocycles. The first-order valence-corrected chi connectivity index (χ1v) is 5.09. The van der Waals surface area contributed by atoms with E-state index in [4.69, 9.17) is 4.74 Å². The molecule has 0 aliphatic carbocycles. The van der Waals surface area contributed by atoms with E-state index in [1.165, 1.54) is 6.08 Å². The van der Waals surface area contributed by atoms with E-state index in [-0.39, 0.29) is 5.41 Å². The number of benzene rings is 1. The van der Waals surface area contributed by atoms with Gasteiger partial charge in [-0.1, -0.05) is 32.0 Å². The molecule has 0 atom stereocenters. The average Bonchev–Trinajstić information content (AvgIpc) is 2.53. The van der Waals surface area contributed by atoms with E-state index >= 15 is 0 Å². The summed E-state index contributed by atoms with van der Waals surface area (Å²) in [6.07, 6.45) is 2.41. The van der Waals surface area contributed by atoms with E-state index in [0.717, 1.165) is 23.1 Å². The van der Waals surface area contributed by atoms with Gasteiger partial charge in [0.2, 0.25) is 6.20 Å². The summed E-state index contributed by atoms with van der Waals surface area (Å²) in [6, 6.07) is 5.72. The molecular weight excluding hydrogens is 206 g/mol. The van der Waals surface area contributed by atoms with Crippen LogP contribution in [0.15, 0.2) is 24.4 Å². The Bertz CT molecular complexity index is 463. The van der Waals surface area contributed by atoms with Crippen molar-refractivity contribution in [3.8, 4) is 5.75 Å². The summed E-state index contributed by atoms with van der Waals surface area (Å²) in [6.45, 7) is 4.81. The van der Waals surface area contributed by atoms with Crippen LogP contribution < -0.4 is 4.74 Å². The molecule has 0 aromatic heterocycles. The average molecular weight is 219 g/mol. The predicted molar refractivity (Wildman–Crippen MR) is 61.0 cm³/mol. The van der Waals surface area contributed by atoms with Gasteiger partial charge in [-0.3, -0.25) is 10.1 Å². The van der Waals surface area contributed by atoms with Crippen LogP contribution in [0.3, 0.4) is 0 Å². The lowest BCUT2D eigenvalue weighted by Crippen LogP contribution is -2.18. The molecule has 0 saturated heterocycles. The number of hydrogen-bond acceptors (Lipinski definition) is 3. The molecule has 4 heteroatoms. The second-order valence-electron chi connectivity index (χ2n) is 4.50. The number of rotatable bonds is 2. The monoisotopic (exact) mass is 219 g/mol. The second-order valence-corrected chi connectivity index (χ2v) is 4.50. The number of fused-ring (bicyclic) bond motifs is 1. The Labute approximate surface area is 93.7 Å². The molecule has 0 unspecified atom stereocenters. The van der Waals surface area contributed by atoms with Crippen molar-refractivity contribution in [1.82, 2.24) is 0 Å². The molecule has 1 aliphatic rings. The first-order valence-electron chi connectivity index (χ1n) is 5.09. The Morgan fingerprint density at radius 2 is 2.25 bits per heavy atom. The van der Waals surface area contributed by atoms with E-state index in [0.29, 0.717) is 6.61 Å². The summed E-state index contributed by atoms with van der Waals surface area (Å²) >= 11 is 0. The van der Waals surface area contributed by atoms with Crippen molar-refractivity contribution in [2.24, 2.45) is 0 Å². The molecule has 1 heterocycles. The third kappa shape index (κ3) is 1.78. The first-order chi connectivity index (χ1) is 7.50. The highest BCUT2D eigenvalue weighted by Gasteiger charge is 2.32. The van der Waals surface area contributed by atoms with Crippen LogP contribution >= 0.6 is 0 Å². The van der Waals surface area contributed by atoms with Crippen molar-refractivity contribution in [2.75, 3.05) is 6.61 Å². The van der Waals surface area contributed by atoms with Crippen LogP contribution in [0.5, 0.6) is 5.75 Å². The maximum absolute atomic E-state index is 10.3. The fourth-order valence-electron chi connectivity index (χ4n) is 1.85. The van der Waals surface area contributed by atoms with Gasteiger partial charge < -0.3 is 4.74 Å². The van der Waals surface area contributed by atoms with E-state index in [1.54, 1.807) is 0 Å². The molecule has 0 N–H and O–H groups in total. The van der Waals surface area contributed by atoms with E-state index in [9.17, 15) is 10.1 Å². The summed E-state index contributed by atoms with van der Waals surface area (Å²) in [5, 5.41) is 10.3. The lowest BCUT2D eigenvalue weighted by molar-refractivity contribution is -0.400. The summed E-state index contributed by atoms with van der Waals surface area (Å²) < 4.78 is 5.60. The largest absolute Gasteiger partial charge is 0.492 e. The molecule has 4 nitrogen and oxygen atoms in total. The molecule has 2 rings (SSSR count). The Morgan fingerprint density at radius 3 is 2.94 bits per heavy atom. The lowest BCUT2D eigenvalue weighted by Gasteiger charge is -2.14. The van der Waals surface area contributed by atoms with E-state index in [2.05, 4.69) is 13.8 Å². The van der Waals surface area contributed by atoms with Crippen LogP contribution in [0, 0.1) is 10.1 Å². The second kappa shape index (κ2) is 3.63. The van der Waals surface area contributed by atoms with Gasteiger partial charge in [-0.15, -0.1) is 0 Å². The zero-order valence-electron chi connectivity index (χ0n) is 9.27. The quantitative estimate of drug-likeness (QED) is 0.567. The van der Waals surface area contributed by atoms with Gasteiger partial charge >= 0.3 is 0 Å². The summed E-state index contributed by atoms with van der Waals surface area (Å²) in [5.74, 6) is 0.769. The minimum atomic E-state index is -0.473. The summed E-state index contributed by atoms with van der Waals surface area (Å²) in [5.41, 5.74) is 1.85. The van der Waals surface area contributed by atoms with Gasteiger partial charge in [-0.05, 0) is 0 Å². The minimum absolute atomic E-state index is 0.0200. The molecule has 0 spiro atoms. The third-order valence-corrected chi connectivity index (χ3v) is 2.73. The SMILES string of the molecule is CC1(C)COc2c(/C=C/[N+](=O)[O-])cccc21. The molecule has 16 heavy (non-hydrogen) atoms. The smallest absolute Gasteiger partial charge is 0.235 e. The molecule has 0 amide bonds. The molecule has 1 aromatic carbocycles. The highest BCUT2D eigenvalue weighted by Crippen LogP contribution is 2.40. The topological polar surface area (TPSA) is 52.4 Å². The van der Waals surface area contributed by atoms with E-state index < -0.39 is 4.92 Å².